The number of nitrogens with zero attached hydrogens (tertiary/aromatic N) is 2. The van der Waals surface area contributed by atoms with Crippen molar-refractivity contribution in [3.8, 4) is 0 Å². The van der Waals surface area contributed by atoms with Crippen LogP contribution in [0.5, 0.6) is 0 Å². The number of hydrogen-bond donors (Lipinski definition) is 4. The van der Waals surface area contributed by atoms with Crippen molar-refractivity contribution >= 4 is 41.6 Å². The highest BCUT2D eigenvalue weighted by Gasteiger charge is 2.64. The van der Waals surface area contributed by atoms with Crippen LogP contribution in [-0.4, -0.2) is 80.0 Å². The Balaban J connectivity index is 1.51. The second-order valence-corrected chi connectivity index (χ2v) is 10.0. The number of carbonyl (C=O) groups excluding carboxylic acids is 4. The number of benzene rings is 1. The number of carboxylic acid groups (broad SMARTS) is 1. The molecule has 170 valence electrons. The summed E-state index contributed by atoms with van der Waals surface area (Å²) in [4.78, 5) is 64.2. The molecule has 6 amide bonds. The Hall–Kier alpha value is -3.28. The first-order valence-corrected chi connectivity index (χ1v) is 10.9. The Kier molecular flexibility index (Phi) is 5.49. The van der Waals surface area contributed by atoms with E-state index in [0.29, 0.717) is 12.1 Å². The molecule has 3 saturated heterocycles. The Bertz CT molecular complexity index is 986. The lowest BCUT2D eigenvalue weighted by Gasteiger charge is -2.44. The number of fused-ring (bicyclic) bond motifs is 1. The molecule has 0 radical (unpaired) electrons. The molecule has 11 nitrogen and oxygen atoms in total. The average Bonchev–Trinajstić information content (AvgIpc) is 3.29. The molecule has 0 spiro atoms. The molecule has 4 rings (SSSR count). The van der Waals surface area contributed by atoms with E-state index in [1.165, 1.54) is 16.7 Å². The van der Waals surface area contributed by atoms with E-state index in [1.54, 1.807) is 44.2 Å². The van der Waals surface area contributed by atoms with Crippen molar-refractivity contribution in [3.05, 3.63) is 35.9 Å². The molecule has 1 unspecified atom stereocenters. The molecular formula is C20H23N5O6S. The highest BCUT2D eigenvalue weighted by atomic mass is 32.2. The van der Waals surface area contributed by atoms with Crippen molar-refractivity contribution in [2.75, 3.05) is 13.1 Å². The second kappa shape index (κ2) is 8.01. The number of carbonyl (C=O) groups is 5. The number of rotatable bonds is 5. The second-order valence-electron chi connectivity index (χ2n) is 8.26. The molecule has 1 aromatic carbocycles. The zero-order valence-corrected chi connectivity index (χ0v) is 18.2. The number of nitrogens with one attached hydrogen (secondary N) is 3. The third-order valence-electron chi connectivity index (χ3n) is 5.74. The number of urea groups is 2. The molecular weight excluding hydrogens is 438 g/mol. The SMILES string of the molecule is CC1(C)S[C@@H]2C(NC(=O)[C@H](NC(=O)N3CCNC3=O)c3ccccc3)C(=O)N2[C@H]1C(=O)O. The Morgan fingerprint density at radius 3 is 2.50 bits per heavy atom. The van der Waals surface area contributed by atoms with Crippen molar-refractivity contribution in [1.29, 1.82) is 0 Å². The van der Waals surface area contributed by atoms with Gasteiger partial charge in [-0.3, -0.25) is 9.59 Å². The molecule has 0 saturated carbocycles. The maximum Gasteiger partial charge on any atom is 0.327 e. The van der Waals surface area contributed by atoms with Gasteiger partial charge in [-0.2, -0.15) is 0 Å². The Morgan fingerprint density at radius 1 is 1.22 bits per heavy atom. The summed E-state index contributed by atoms with van der Waals surface area (Å²) in [6.07, 6.45) is 0. The minimum Gasteiger partial charge on any atom is -0.480 e. The van der Waals surface area contributed by atoms with Crippen LogP contribution in [0.3, 0.4) is 0 Å². The fourth-order valence-corrected chi connectivity index (χ4v) is 5.82. The van der Waals surface area contributed by atoms with E-state index in [9.17, 15) is 29.1 Å². The van der Waals surface area contributed by atoms with Crippen LogP contribution in [-0.2, 0) is 14.4 Å². The van der Waals surface area contributed by atoms with Gasteiger partial charge in [0.15, 0.2) is 0 Å². The molecule has 32 heavy (non-hydrogen) atoms. The summed E-state index contributed by atoms with van der Waals surface area (Å²) in [5, 5.41) is 16.8. The molecule has 4 N–H and O–H groups in total. The van der Waals surface area contributed by atoms with Crippen molar-refractivity contribution in [1.82, 2.24) is 25.8 Å². The molecule has 0 bridgehead atoms. The lowest BCUT2D eigenvalue weighted by molar-refractivity contribution is -0.161. The molecule has 3 aliphatic heterocycles. The number of aliphatic carboxylic acids is 1. The van der Waals surface area contributed by atoms with Crippen LogP contribution in [0.25, 0.3) is 0 Å². The van der Waals surface area contributed by atoms with Gasteiger partial charge in [0.05, 0.1) is 0 Å². The number of carboxylic acids is 1. The van der Waals surface area contributed by atoms with E-state index < -0.39 is 58.1 Å². The van der Waals surface area contributed by atoms with Gasteiger partial charge >= 0.3 is 18.0 Å². The molecule has 12 heteroatoms. The minimum absolute atomic E-state index is 0.175. The van der Waals surface area contributed by atoms with Crippen LogP contribution in [0.15, 0.2) is 30.3 Å². The van der Waals surface area contributed by atoms with E-state index in [0.717, 1.165) is 4.90 Å². The largest absolute Gasteiger partial charge is 0.480 e. The molecule has 3 heterocycles. The third-order valence-corrected chi connectivity index (χ3v) is 7.31. The molecule has 0 aliphatic carbocycles. The summed E-state index contributed by atoms with van der Waals surface area (Å²) >= 11 is 1.31. The average molecular weight is 462 g/mol. The first-order chi connectivity index (χ1) is 15.1. The summed E-state index contributed by atoms with van der Waals surface area (Å²) in [6, 6.07) is 4.14. The fourth-order valence-electron chi connectivity index (χ4n) is 4.19. The number of thioether (sulfide) groups is 1. The van der Waals surface area contributed by atoms with Crippen LogP contribution >= 0.6 is 11.8 Å². The quantitative estimate of drug-likeness (QED) is 0.454. The van der Waals surface area contributed by atoms with Gasteiger partial charge in [0, 0.05) is 17.8 Å². The lowest BCUT2D eigenvalue weighted by atomic mass is 9.95. The zero-order chi connectivity index (χ0) is 23.2. The molecule has 4 atom stereocenters. The predicted octanol–water partition coefficient (Wildman–Crippen LogP) is 0.0942. The minimum atomic E-state index is -1.14. The standard InChI is InChI=1S/C20H23N5O6S/c1-20(2)13(17(28)29)25-15(27)12(16(25)32-20)22-14(26)11(10-6-4-3-5-7-10)23-19(31)24-9-8-21-18(24)30/h3-7,11-13,16H,8-9H2,1-2H3,(H,21,30)(H,22,26)(H,23,31)(H,28,29)/t11-,12?,13+,16-/m1/s1. The maximum absolute atomic E-state index is 13.1. The van der Waals surface area contributed by atoms with Crippen molar-refractivity contribution < 1.29 is 29.1 Å². The van der Waals surface area contributed by atoms with Gasteiger partial charge in [0.25, 0.3) is 0 Å². The van der Waals surface area contributed by atoms with Crippen molar-refractivity contribution in [2.45, 2.75) is 42.1 Å². The van der Waals surface area contributed by atoms with E-state index in [1.807, 2.05) is 0 Å². The topological polar surface area (TPSA) is 148 Å². The number of amides is 6. The smallest absolute Gasteiger partial charge is 0.327 e. The molecule has 1 aromatic rings. The third kappa shape index (κ3) is 3.64. The van der Waals surface area contributed by atoms with Gasteiger partial charge in [0.2, 0.25) is 11.8 Å². The monoisotopic (exact) mass is 461 g/mol. The van der Waals surface area contributed by atoms with Gasteiger partial charge in [0.1, 0.15) is 23.5 Å². The number of hydrogen-bond acceptors (Lipinski definition) is 6. The molecule has 0 aromatic heterocycles. The number of imide groups is 1. The Labute approximate surface area is 187 Å². The summed E-state index contributed by atoms with van der Waals surface area (Å²) in [7, 11) is 0. The van der Waals surface area contributed by atoms with Gasteiger partial charge in [-0.15, -0.1) is 11.8 Å². The summed E-state index contributed by atoms with van der Waals surface area (Å²) in [6.45, 7) is 3.98. The first-order valence-electron chi connectivity index (χ1n) is 10.1. The van der Waals surface area contributed by atoms with Gasteiger partial charge < -0.3 is 26.0 Å². The fraction of sp³-hybridized carbons (Fsp3) is 0.450. The van der Waals surface area contributed by atoms with Gasteiger partial charge in [-0.05, 0) is 19.4 Å². The first kappa shape index (κ1) is 21.9. The van der Waals surface area contributed by atoms with Crippen LogP contribution in [0.1, 0.15) is 25.5 Å². The van der Waals surface area contributed by atoms with E-state index in [-0.39, 0.29) is 6.54 Å². The predicted molar refractivity (Wildman–Crippen MR) is 113 cm³/mol. The van der Waals surface area contributed by atoms with Crippen molar-refractivity contribution in [2.24, 2.45) is 0 Å². The van der Waals surface area contributed by atoms with Crippen molar-refractivity contribution in [3.63, 3.8) is 0 Å². The molecule has 3 aliphatic rings. The maximum atomic E-state index is 13.1. The highest BCUT2D eigenvalue weighted by Crippen LogP contribution is 2.50. The van der Waals surface area contributed by atoms with Crippen LogP contribution in [0, 0.1) is 0 Å². The summed E-state index contributed by atoms with van der Waals surface area (Å²) in [5.74, 6) is -2.20. The van der Waals surface area contributed by atoms with Gasteiger partial charge in [-0.25, -0.2) is 19.3 Å². The normalized spacial score (nSPS) is 26.6. The zero-order valence-electron chi connectivity index (χ0n) is 17.4. The molecule has 3 fully saturated rings. The Morgan fingerprint density at radius 2 is 1.91 bits per heavy atom. The van der Waals surface area contributed by atoms with E-state index in [4.69, 9.17) is 0 Å². The number of β-lactam (4-membered cyclic amide) rings is 1. The van der Waals surface area contributed by atoms with Crippen LogP contribution < -0.4 is 16.0 Å². The highest BCUT2D eigenvalue weighted by molar-refractivity contribution is 8.01. The summed E-state index contributed by atoms with van der Waals surface area (Å²) < 4.78 is -0.720. The van der Waals surface area contributed by atoms with Crippen LogP contribution in [0.2, 0.25) is 0 Å². The summed E-state index contributed by atoms with van der Waals surface area (Å²) in [5.41, 5.74) is 0.476. The van der Waals surface area contributed by atoms with E-state index >= 15 is 0 Å². The van der Waals surface area contributed by atoms with Gasteiger partial charge in [-0.1, -0.05) is 30.3 Å². The van der Waals surface area contributed by atoms with Crippen LogP contribution in [0.4, 0.5) is 9.59 Å². The lowest BCUT2D eigenvalue weighted by Crippen LogP contribution is -2.71. The van der Waals surface area contributed by atoms with E-state index in [2.05, 4.69) is 16.0 Å².